The first-order valence-electron chi connectivity index (χ1n) is 27.1. The van der Waals surface area contributed by atoms with Crippen LogP contribution in [0.2, 0.25) is 0 Å². The van der Waals surface area contributed by atoms with Gasteiger partial charge in [0.1, 0.15) is 85.6 Å². The number of carboxylic acids is 2. The van der Waals surface area contributed by atoms with E-state index >= 15 is 0 Å². The Morgan fingerprint density at radius 3 is 1.91 bits per heavy atom. The summed E-state index contributed by atoms with van der Waals surface area (Å²) in [5, 5.41) is 130. The van der Waals surface area contributed by atoms with E-state index in [0.29, 0.717) is 32.1 Å². The summed E-state index contributed by atoms with van der Waals surface area (Å²) in [5.41, 5.74) is -1.84. The third-order valence-electron chi connectivity index (χ3n) is 21.0. The van der Waals surface area contributed by atoms with Crippen LogP contribution in [0, 0.1) is 50.2 Å². The van der Waals surface area contributed by atoms with E-state index in [0.717, 1.165) is 32.0 Å². The molecule has 23 nitrogen and oxygen atoms in total. The van der Waals surface area contributed by atoms with Crippen molar-refractivity contribution in [3.05, 3.63) is 11.6 Å². The van der Waals surface area contributed by atoms with Crippen molar-refractivity contribution >= 4 is 18.2 Å². The number of carbonyl (C=O) groups excluding carboxylic acids is 1. The van der Waals surface area contributed by atoms with Crippen LogP contribution in [0.5, 0.6) is 0 Å². The fourth-order valence-electron chi connectivity index (χ4n) is 16.1. The molecule has 12 N–H and O–H groups in total. The number of allylic oxidation sites excluding steroid dienone is 2. The molecule has 4 unspecified atom stereocenters. The van der Waals surface area contributed by atoms with E-state index in [1.165, 1.54) is 12.5 Å². The van der Waals surface area contributed by atoms with Gasteiger partial charge in [-0.25, -0.2) is 4.79 Å². The highest BCUT2D eigenvalue weighted by Gasteiger charge is 2.71. The van der Waals surface area contributed by atoms with Crippen molar-refractivity contribution in [2.24, 2.45) is 50.2 Å². The predicted octanol–water partition coefficient (Wildman–Crippen LogP) is -0.532. The minimum absolute atomic E-state index is 0.0147. The molecule has 0 aromatic heterocycles. The van der Waals surface area contributed by atoms with Crippen LogP contribution in [0.4, 0.5) is 0 Å². The number of aldehydes is 1. The number of ether oxygens (including phenoxy) is 8. The fourth-order valence-corrected chi connectivity index (χ4v) is 16.1. The number of aliphatic hydroxyl groups excluding tert-OH is 10. The average Bonchev–Trinajstić information content (AvgIpc) is 3.55. The molecule has 0 aromatic rings. The summed E-state index contributed by atoms with van der Waals surface area (Å²) in [6.45, 7) is 13.0. The molecular formula is C53H82O23. The summed E-state index contributed by atoms with van der Waals surface area (Å²) in [4.78, 5) is 40.4. The normalized spacial score (nSPS) is 54.2. The summed E-state index contributed by atoms with van der Waals surface area (Å²) < 4.78 is 47.3. The lowest BCUT2D eigenvalue weighted by molar-refractivity contribution is -0.389. The Bertz CT molecular complexity index is 2180. The first-order chi connectivity index (χ1) is 35.5. The molecule has 0 amide bonds. The second-order valence-corrected chi connectivity index (χ2v) is 25.5. The van der Waals surface area contributed by atoms with Gasteiger partial charge in [-0.2, -0.15) is 0 Å². The average molecular weight is 1090 g/mol. The van der Waals surface area contributed by atoms with E-state index in [4.69, 9.17) is 37.9 Å². The Labute approximate surface area is 441 Å². The highest BCUT2D eigenvalue weighted by Crippen LogP contribution is 2.76. The lowest BCUT2D eigenvalue weighted by Crippen LogP contribution is -2.69. The van der Waals surface area contributed by atoms with Crippen LogP contribution >= 0.6 is 0 Å². The number of aliphatic carboxylic acids is 2. The Balaban J connectivity index is 0.990. The molecule has 8 fully saturated rings. The molecule has 0 spiro atoms. The standard InChI is InChI=1S/C53H82O23/c1-22-30(57)32(59)34(61)44(70-22)73-38-25(56)20-69-43(36(38)63)75-40-39(74-45-35(62)33(60)31(58)26(19-54)71-45)37(64)46(76-41(40)42(65)66)72-29-11-12-49(4)27(50(29,5)21-55)10-13-52(7)28(49)9-8-23-24-18-48(2,3)14-16-53(24,47(67)68)17-15-51(23,52)6/h8,21-22,24-41,43-46,54,56-64H,9-20H2,1-7H3,(H,65,66)(H,67,68)/t22-,24?,25-,26-,27?,28?,29+,30+,31+,32-,33-,34-,35-,36-,37-,38-,39+,40-,41+,43+,44+,45+,46-,49+,50-,51?,52-,53+/m1/s1. The van der Waals surface area contributed by atoms with Gasteiger partial charge in [-0.3, -0.25) is 4.79 Å². The molecule has 4 aliphatic heterocycles. The maximum absolute atomic E-state index is 13.8. The zero-order valence-corrected chi connectivity index (χ0v) is 44.3. The zero-order valence-electron chi connectivity index (χ0n) is 44.3. The molecule has 0 bridgehead atoms. The van der Waals surface area contributed by atoms with Crippen LogP contribution in [-0.4, -0.2) is 216 Å². The minimum Gasteiger partial charge on any atom is -0.481 e. The van der Waals surface area contributed by atoms with Crippen molar-refractivity contribution in [2.75, 3.05) is 13.2 Å². The van der Waals surface area contributed by atoms with Gasteiger partial charge in [0, 0.05) is 0 Å². The van der Waals surface area contributed by atoms with Gasteiger partial charge >= 0.3 is 11.9 Å². The van der Waals surface area contributed by atoms with Crippen LogP contribution in [0.25, 0.3) is 0 Å². The monoisotopic (exact) mass is 1090 g/mol. The van der Waals surface area contributed by atoms with Crippen molar-refractivity contribution in [1.82, 2.24) is 0 Å². The molecule has 4 heterocycles. The topological polar surface area (TPSA) is 368 Å². The second-order valence-electron chi connectivity index (χ2n) is 25.5. The summed E-state index contributed by atoms with van der Waals surface area (Å²) in [6, 6.07) is 0. The van der Waals surface area contributed by atoms with Gasteiger partial charge in [-0.15, -0.1) is 0 Å². The lowest BCUT2D eigenvalue weighted by Gasteiger charge is -2.71. The Hall–Kier alpha value is -2.37. The summed E-state index contributed by atoms with van der Waals surface area (Å²) in [7, 11) is 0. The minimum atomic E-state index is -2.17. The third kappa shape index (κ3) is 9.24. The smallest absolute Gasteiger partial charge is 0.335 e. The van der Waals surface area contributed by atoms with Crippen LogP contribution in [-0.2, 0) is 52.3 Å². The summed E-state index contributed by atoms with van der Waals surface area (Å²) in [5.74, 6) is -2.74. The molecular weight excluding hydrogens is 1000 g/mol. The van der Waals surface area contributed by atoms with Gasteiger partial charge in [-0.1, -0.05) is 53.2 Å². The number of aliphatic hydroxyl groups is 10. The summed E-state index contributed by atoms with van der Waals surface area (Å²) in [6.07, 6.45) is -26.3. The number of carboxylic acid groups (broad SMARTS) is 2. The number of hydrogen-bond donors (Lipinski definition) is 12. The first kappa shape index (κ1) is 58.3. The van der Waals surface area contributed by atoms with Crippen LogP contribution < -0.4 is 0 Å². The van der Waals surface area contributed by atoms with Gasteiger partial charge in [0.15, 0.2) is 31.3 Å². The van der Waals surface area contributed by atoms with E-state index in [1.807, 2.05) is 0 Å². The molecule has 0 aromatic carbocycles. The van der Waals surface area contributed by atoms with Crippen molar-refractivity contribution in [1.29, 1.82) is 0 Å². The predicted molar refractivity (Wildman–Crippen MR) is 257 cm³/mol. The van der Waals surface area contributed by atoms with Crippen LogP contribution in [0.1, 0.15) is 113 Å². The van der Waals surface area contributed by atoms with Crippen LogP contribution in [0.3, 0.4) is 0 Å². The molecule has 76 heavy (non-hydrogen) atoms. The maximum atomic E-state index is 13.8. The molecule has 9 aliphatic rings. The van der Waals surface area contributed by atoms with Crippen molar-refractivity contribution < 1.29 is 114 Å². The van der Waals surface area contributed by atoms with Gasteiger partial charge in [-0.05, 0) is 111 Å². The zero-order chi connectivity index (χ0) is 55.6. The number of carbonyl (C=O) groups is 3. The van der Waals surface area contributed by atoms with Crippen molar-refractivity contribution in [3.8, 4) is 0 Å². The van der Waals surface area contributed by atoms with Gasteiger partial charge < -0.3 is 104 Å². The van der Waals surface area contributed by atoms with E-state index in [-0.39, 0.29) is 40.4 Å². The van der Waals surface area contributed by atoms with Crippen molar-refractivity contribution in [3.63, 3.8) is 0 Å². The molecule has 0 radical (unpaired) electrons. The molecule has 4 saturated heterocycles. The molecule has 23 heteroatoms. The molecule has 4 saturated carbocycles. The SMILES string of the molecule is C[C@H]1O[C@@H](O[C@H]2[C@@H](O)[C@H](O[C@@H]3[C@@H](O[C@@H]4O[C@H](CO)[C@H](O)[C@@H](O)[C@H]4O)[C@@H](O)[C@H](O[C@H]4CC[C@@]5(C)C(CC[C@]6(C)C5CC=C5C7CC(C)(C)CC[C@]7(C(=O)O)CCC56C)[C@@]4(C)C=O)O[C@@H]3C(=O)O)OC[C@H]2O)[C@H](O)[C@H](O)[C@H]1O. The van der Waals surface area contributed by atoms with Gasteiger partial charge in [0.2, 0.25) is 0 Å². The second kappa shape index (κ2) is 20.9. The van der Waals surface area contributed by atoms with E-state index in [1.54, 1.807) is 6.92 Å². The molecule has 432 valence electrons. The highest BCUT2D eigenvalue weighted by atomic mass is 16.8. The first-order valence-corrected chi connectivity index (χ1v) is 27.1. The van der Waals surface area contributed by atoms with Crippen molar-refractivity contribution in [2.45, 2.75) is 235 Å². The molecule has 9 rings (SSSR count). The number of fused-ring (bicyclic) bond motifs is 7. The molecule has 28 atom stereocenters. The summed E-state index contributed by atoms with van der Waals surface area (Å²) >= 11 is 0. The quantitative estimate of drug-likeness (QED) is 0.0664. The van der Waals surface area contributed by atoms with Gasteiger partial charge in [0.25, 0.3) is 0 Å². The fraction of sp³-hybridized carbons (Fsp3) is 0.906. The largest absolute Gasteiger partial charge is 0.481 e. The van der Waals surface area contributed by atoms with Gasteiger partial charge in [0.05, 0.1) is 36.3 Å². The Morgan fingerprint density at radius 2 is 1.26 bits per heavy atom. The Morgan fingerprint density at radius 1 is 0.658 bits per heavy atom. The number of rotatable bonds is 12. The number of hydrogen-bond acceptors (Lipinski definition) is 21. The van der Waals surface area contributed by atoms with Crippen LogP contribution in [0.15, 0.2) is 11.6 Å². The third-order valence-corrected chi connectivity index (χ3v) is 21.0. The molecule has 5 aliphatic carbocycles. The van der Waals surface area contributed by atoms with E-state index in [9.17, 15) is 75.7 Å². The van der Waals surface area contributed by atoms with E-state index in [2.05, 4.69) is 40.7 Å². The lowest BCUT2D eigenvalue weighted by atomic mass is 9.33. The maximum Gasteiger partial charge on any atom is 0.335 e. The van der Waals surface area contributed by atoms with E-state index < -0.39 is 164 Å². The Kier molecular flexibility index (Phi) is 16.0. The highest BCUT2D eigenvalue weighted by molar-refractivity contribution is 5.77.